The van der Waals surface area contributed by atoms with Crippen molar-refractivity contribution in [1.29, 1.82) is 0 Å². The Balaban J connectivity index is 1.19. The van der Waals surface area contributed by atoms with Crippen LogP contribution in [0.1, 0.15) is 33.4 Å². The number of para-hydroxylation sites is 2. The summed E-state index contributed by atoms with van der Waals surface area (Å²) in [6.07, 6.45) is -4.28. The third-order valence-electron chi connectivity index (χ3n) is 9.21. The lowest BCUT2D eigenvalue weighted by molar-refractivity contribution is -0.138. The summed E-state index contributed by atoms with van der Waals surface area (Å²) in [7, 11) is 1.59. The highest BCUT2D eigenvalue weighted by molar-refractivity contribution is 5.96. The maximum absolute atomic E-state index is 14.7. The summed E-state index contributed by atoms with van der Waals surface area (Å²) in [6.45, 7) is 0. The van der Waals surface area contributed by atoms with Gasteiger partial charge in [0.05, 0.1) is 18.2 Å². The van der Waals surface area contributed by atoms with Gasteiger partial charge in [0.1, 0.15) is 5.75 Å². The number of anilines is 5. The molecular weight excluding hydrogens is 723 g/mol. The number of nitrogens with zero attached hydrogens (tertiary/aromatic N) is 1. The van der Waals surface area contributed by atoms with Crippen molar-refractivity contribution in [3.05, 3.63) is 191 Å². The van der Waals surface area contributed by atoms with Gasteiger partial charge in [-0.15, -0.1) is 0 Å². The van der Waals surface area contributed by atoms with E-state index >= 15 is 0 Å². The van der Waals surface area contributed by atoms with E-state index in [1.54, 1.807) is 43.5 Å². The molecule has 56 heavy (non-hydrogen) atoms. The Morgan fingerprint density at radius 3 is 1.32 bits per heavy atom. The van der Waals surface area contributed by atoms with E-state index in [0.29, 0.717) is 16.9 Å². The van der Waals surface area contributed by atoms with Crippen LogP contribution in [0.25, 0.3) is 35.1 Å². The first-order valence-electron chi connectivity index (χ1n) is 17.6. The molecule has 0 aliphatic carbocycles. The number of rotatable bonds is 10. The number of ether oxygens (including phenoxy) is 1. The maximum atomic E-state index is 14.7. The molecule has 280 valence electrons. The van der Waals surface area contributed by atoms with Crippen molar-refractivity contribution in [1.82, 2.24) is 0 Å². The van der Waals surface area contributed by atoms with E-state index in [4.69, 9.17) is 4.74 Å². The lowest BCUT2D eigenvalue weighted by Gasteiger charge is -2.25. The van der Waals surface area contributed by atoms with Crippen molar-refractivity contribution in [2.75, 3.05) is 17.3 Å². The first-order chi connectivity index (χ1) is 27.0. The topological polar surface area (TPSA) is 24.5 Å². The predicted molar refractivity (Wildman–Crippen MR) is 216 cm³/mol. The van der Waals surface area contributed by atoms with Crippen molar-refractivity contribution in [3.8, 4) is 5.75 Å². The molecule has 0 amide bonds. The molecule has 0 atom stereocenters. The predicted octanol–water partition coefficient (Wildman–Crippen LogP) is 14.4. The van der Waals surface area contributed by atoms with Crippen LogP contribution in [-0.2, 0) is 12.4 Å². The van der Waals surface area contributed by atoms with E-state index in [1.165, 1.54) is 24.3 Å². The van der Waals surface area contributed by atoms with Crippen molar-refractivity contribution in [2.24, 2.45) is 0 Å². The van der Waals surface area contributed by atoms with Crippen LogP contribution in [-0.4, -0.2) is 7.11 Å². The molecule has 0 saturated carbocycles. The second-order valence-electron chi connectivity index (χ2n) is 12.9. The molecule has 0 heterocycles. The van der Waals surface area contributed by atoms with Gasteiger partial charge in [0.2, 0.25) is 0 Å². The van der Waals surface area contributed by atoms with Gasteiger partial charge in [-0.2, -0.15) is 26.3 Å². The van der Waals surface area contributed by atoms with Crippen molar-refractivity contribution < 1.29 is 31.1 Å². The molecule has 3 nitrogen and oxygen atoms in total. The van der Waals surface area contributed by atoms with Crippen LogP contribution in [0.4, 0.5) is 54.8 Å². The summed E-state index contributed by atoms with van der Waals surface area (Å²) in [4.78, 5) is 2.03. The fourth-order valence-corrected chi connectivity index (χ4v) is 6.58. The quantitative estimate of drug-likeness (QED) is 0.111. The van der Waals surface area contributed by atoms with Gasteiger partial charge in [0.15, 0.2) is 0 Å². The summed E-state index contributed by atoms with van der Waals surface area (Å²) in [6, 6.07) is 45.4. The second-order valence-corrected chi connectivity index (χ2v) is 12.9. The normalized spacial score (nSPS) is 12.1. The summed E-state index contributed by atoms with van der Waals surface area (Å²) < 4.78 is 93.5. The van der Waals surface area contributed by atoms with E-state index in [9.17, 15) is 26.3 Å². The zero-order chi connectivity index (χ0) is 39.3. The first-order valence-corrected chi connectivity index (χ1v) is 17.6. The number of alkyl halides is 6. The van der Waals surface area contributed by atoms with Crippen LogP contribution in [0.5, 0.6) is 5.75 Å². The van der Waals surface area contributed by atoms with Gasteiger partial charge in [-0.3, -0.25) is 0 Å². The molecule has 0 spiro atoms. The molecule has 0 saturated heterocycles. The number of benzene rings is 7. The molecule has 9 heteroatoms. The Labute approximate surface area is 320 Å². The van der Waals surface area contributed by atoms with Gasteiger partial charge >= 0.3 is 12.4 Å². The van der Waals surface area contributed by atoms with E-state index in [1.807, 2.05) is 102 Å². The standard InChI is InChI=1S/C47H34F6N2O/c1-56-41-28-26-40(27-29-41)55(38-10-6-3-7-11-38)39-24-16-33(17-25-39)13-19-35-21-31-42-43(45(35)47(51,52)53)30-20-34(44(42)46(48,49)50)18-12-32-14-22-37(23-15-32)54-36-8-4-2-5-9-36/h2-31,54H,1H3. The molecule has 0 aromatic heterocycles. The minimum atomic E-state index is -4.94. The van der Waals surface area contributed by atoms with Crippen LogP contribution in [0.2, 0.25) is 0 Å². The third kappa shape index (κ3) is 8.47. The van der Waals surface area contributed by atoms with Gasteiger partial charge in [0, 0.05) is 28.4 Å². The average molecular weight is 757 g/mol. The molecule has 0 radical (unpaired) electrons. The third-order valence-corrected chi connectivity index (χ3v) is 9.21. The number of methoxy groups -OCH3 is 1. The maximum Gasteiger partial charge on any atom is 0.417 e. The van der Waals surface area contributed by atoms with Gasteiger partial charge < -0.3 is 15.0 Å². The number of hydrogen-bond donors (Lipinski definition) is 1. The minimum absolute atomic E-state index is 0.243. The monoisotopic (exact) mass is 756 g/mol. The van der Waals surface area contributed by atoms with Crippen molar-refractivity contribution >= 4 is 63.5 Å². The molecule has 7 aromatic carbocycles. The average Bonchev–Trinajstić information content (AvgIpc) is 3.20. The van der Waals surface area contributed by atoms with E-state index in [2.05, 4.69) is 5.32 Å². The van der Waals surface area contributed by atoms with Crippen molar-refractivity contribution in [3.63, 3.8) is 0 Å². The molecule has 0 bridgehead atoms. The van der Waals surface area contributed by atoms with Gasteiger partial charge in [-0.1, -0.05) is 109 Å². The molecule has 0 unspecified atom stereocenters. The zero-order valence-corrected chi connectivity index (χ0v) is 29.9. The smallest absolute Gasteiger partial charge is 0.417 e. The Morgan fingerprint density at radius 1 is 0.446 bits per heavy atom. The molecule has 0 aliphatic rings. The molecule has 7 rings (SSSR count). The molecule has 0 aliphatic heterocycles. The fourth-order valence-electron chi connectivity index (χ4n) is 6.58. The highest BCUT2D eigenvalue weighted by Gasteiger charge is 2.39. The Hall–Kier alpha value is -6.74. The molecule has 7 aromatic rings. The van der Waals surface area contributed by atoms with Crippen LogP contribution in [0.3, 0.4) is 0 Å². The molecular formula is C47H34F6N2O. The summed E-state index contributed by atoms with van der Waals surface area (Å²) in [5.41, 5.74) is 2.70. The lowest BCUT2D eigenvalue weighted by atomic mass is 9.91. The molecule has 0 fully saturated rings. The zero-order valence-electron chi connectivity index (χ0n) is 29.9. The SMILES string of the molecule is COc1ccc(N(c2ccccc2)c2ccc(C=Cc3ccc4c(C(F)(F)F)c(C=Cc5ccc(Nc6ccccc6)cc5)ccc4c3C(F)(F)F)cc2)cc1. The highest BCUT2D eigenvalue weighted by atomic mass is 19.4. The van der Waals surface area contributed by atoms with Gasteiger partial charge in [0.25, 0.3) is 0 Å². The highest BCUT2D eigenvalue weighted by Crippen LogP contribution is 2.44. The first kappa shape index (κ1) is 37.6. The second kappa shape index (κ2) is 15.9. The van der Waals surface area contributed by atoms with E-state index < -0.39 is 34.3 Å². The fraction of sp³-hybridized carbons (Fsp3) is 0.0638. The summed E-state index contributed by atoms with van der Waals surface area (Å²) in [5, 5.41) is 2.17. The number of fused-ring (bicyclic) bond motifs is 1. The Morgan fingerprint density at radius 2 is 0.857 bits per heavy atom. The van der Waals surface area contributed by atoms with E-state index in [0.717, 1.165) is 52.7 Å². The number of nitrogens with one attached hydrogen (secondary N) is 1. The molecule has 1 N–H and O–H groups in total. The van der Waals surface area contributed by atoms with Crippen LogP contribution < -0.4 is 15.0 Å². The van der Waals surface area contributed by atoms with Crippen LogP contribution in [0.15, 0.2) is 158 Å². The van der Waals surface area contributed by atoms with Gasteiger partial charge in [-0.25, -0.2) is 0 Å². The largest absolute Gasteiger partial charge is 0.497 e. The number of hydrogen-bond acceptors (Lipinski definition) is 3. The van der Waals surface area contributed by atoms with Gasteiger partial charge in [-0.05, 0) is 106 Å². The van der Waals surface area contributed by atoms with Crippen LogP contribution in [0, 0.1) is 0 Å². The Kier molecular flexibility index (Phi) is 10.7. The summed E-state index contributed by atoms with van der Waals surface area (Å²) >= 11 is 0. The van der Waals surface area contributed by atoms with Crippen LogP contribution >= 0.6 is 0 Å². The number of halogens is 6. The van der Waals surface area contributed by atoms with E-state index in [-0.39, 0.29) is 11.1 Å². The minimum Gasteiger partial charge on any atom is -0.497 e. The Bertz CT molecular complexity index is 2470. The lowest BCUT2D eigenvalue weighted by Crippen LogP contribution is -2.12. The summed E-state index contributed by atoms with van der Waals surface area (Å²) in [5.74, 6) is 0.704. The van der Waals surface area contributed by atoms with Crippen molar-refractivity contribution in [2.45, 2.75) is 12.4 Å².